The lowest BCUT2D eigenvalue weighted by Crippen LogP contribution is -2.09. The zero-order chi connectivity index (χ0) is 13.8. The molecule has 2 rings (SSSR count). The summed E-state index contributed by atoms with van der Waals surface area (Å²) in [6.45, 7) is 4.19. The Morgan fingerprint density at radius 1 is 1.42 bits per heavy atom. The summed E-state index contributed by atoms with van der Waals surface area (Å²) < 4.78 is 6.05. The number of hydrogen-bond acceptors (Lipinski definition) is 4. The second-order valence-corrected chi connectivity index (χ2v) is 5.96. The number of esters is 1. The van der Waals surface area contributed by atoms with E-state index in [1.807, 2.05) is 31.2 Å². The SMILES string of the molecule is CCOC(=O)c1nc2cccc(Br)c2cc1SCC. The van der Waals surface area contributed by atoms with Crippen LogP contribution in [0.1, 0.15) is 24.3 Å². The topological polar surface area (TPSA) is 39.2 Å². The molecule has 1 aromatic heterocycles. The molecule has 0 spiro atoms. The lowest BCUT2D eigenvalue weighted by Gasteiger charge is -2.09. The van der Waals surface area contributed by atoms with E-state index in [0.717, 1.165) is 26.0 Å². The van der Waals surface area contributed by atoms with Gasteiger partial charge in [0.15, 0.2) is 5.69 Å². The smallest absolute Gasteiger partial charge is 0.358 e. The molecule has 0 aliphatic heterocycles. The van der Waals surface area contributed by atoms with Gasteiger partial charge in [-0.2, -0.15) is 0 Å². The molecule has 1 aromatic carbocycles. The van der Waals surface area contributed by atoms with E-state index in [0.29, 0.717) is 12.3 Å². The highest BCUT2D eigenvalue weighted by Gasteiger charge is 2.16. The molecule has 0 radical (unpaired) electrons. The van der Waals surface area contributed by atoms with Gasteiger partial charge >= 0.3 is 5.97 Å². The van der Waals surface area contributed by atoms with Crippen LogP contribution in [0.5, 0.6) is 0 Å². The molecule has 0 N–H and O–H groups in total. The predicted octanol–water partition coefficient (Wildman–Crippen LogP) is 4.29. The van der Waals surface area contributed by atoms with Crippen molar-refractivity contribution < 1.29 is 9.53 Å². The maximum absolute atomic E-state index is 12.0. The third kappa shape index (κ3) is 3.09. The molecule has 0 saturated carbocycles. The average Bonchev–Trinajstić information content (AvgIpc) is 2.39. The van der Waals surface area contributed by atoms with E-state index in [9.17, 15) is 4.79 Å². The molecule has 0 unspecified atom stereocenters. The van der Waals surface area contributed by atoms with Crippen molar-refractivity contribution in [2.45, 2.75) is 18.7 Å². The molecule has 0 bridgehead atoms. The summed E-state index contributed by atoms with van der Waals surface area (Å²) in [7, 11) is 0. The van der Waals surface area contributed by atoms with Crippen LogP contribution in [0.15, 0.2) is 33.6 Å². The zero-order valence-electron chi connectivity index (χ0n) is 10.8. The van der Waals surface area contributed by atoms with Crippen molar-refractivity contribution in [2.24, 2.45) is 0 Å². The molecular weight excluding hydrogens is 326 g/mol. The van der Waals surface area contributed by atoms with Crippen LogP contribution in [-0.2, 0) is 4.74 Å². The number of nitrogens with zero attached hydrogens (tertiary/aromatic N) is 1. The van der Waals surface area contributed by atoms with E-state index >= 15 is 0 Å². The van der Waals surface area contributed by atoms with Crippen molar-refractivity contribution in [3.05, 3.63) is 34.4 Å². The van der Waals surface area contributed by atoms with Crippen LogP contribution in [-0.4, -0.2) is 23.3 Å². The fourth-order valence-electron chi connectivity index (χ4n) is 1.75. The van der Waals surface area contributed by atoms with Gasteiger partial charge in [-0.15, -0.1) is 11.8 Å². The highest BCUT2D eigenvalue weighted by atomic mass is 79.9. The summed E-state index contributed by atoms with van der Waals surface area (Å²) in [6.07, 6.45) is 0. The average molecular weight is 340 g/mol. The Hall–Kier alpha value is -1.07. The summed E-state index contributed by atoms with van der Waals surface area (Å²) in [5, 5.41) is 1.01. The van der Waals surface area contributed by atoms with E-state index in [2.05, 4.69) is 20.9 Å². The summed E-state index contributed by atoms with van der Waals surface area (Å²) in [6, 6.07) is 7.76. The van der Waals surface area contributed by atoms with Crippen LogP contribution < -0.4 is 0 Å². The molecule has 3 nitrogen and oxygen atoms in total. The number of carbonyl (C=O) groups is 1. The van der Waals surface area contributed by atoms with E-state index in [-0.39, 0.29) is 5.97 Å². The normalized spacial score (nSPS) is 10.7. The Balaban J connectivity index is 2.60. The van der Waals surface area contributed by atoms with E-state index < -0.39 is 0 Å². The Morgan fingerprint density at radius 2 is 2.21 bits per heavy atom. The number of thioether (sulfide) groups is 1. The van der Waals surface area contributed by atoms with E-state index in [4.69, 9.17) is 4.74 Å². The fraction of sp³-hybridized carbons (Fsp3) is 0.286. The van der Waals surface area contributed by atoms with Gasteiger partial charge in [0.25, 0.3) is 0 Å². The maximum atomic E-state index is 12.0. The molecule has 0 aliphatic rings. The maximum Gasteiger partial charge on any atom is 0.358 e. The summed E-state index contributed by atoms with van der Waals surface area (Å²) >= 11 is 5.10. The Kier molecular flexibility index (Phi) is 4.82. The summed E-state index contributed by atoms with van der Waals surface area (Å²) in [4.78, 5) is 17.3. The molecule has 100 valence electrons. The van der Waals surface area contributed by atoms with Crippen molar-refractivity contribution in [3.8, 4) is 0 Å². The Labute approximate surface area is 124 Å². The van der Waals surface area contributed by atoms with Crippen molar-refractivity contribution in [3.63, 3.8) is 0 Å². The lowest BCUT2D eigenvalue weighted by atomic mass is 10.2. The molecular formula is C14H14BrNO2S. The molecule has 0 atom stereocenters. The predicted molar refractivity (Wildman–Crippen MR) is 81.8 cm³/mol. The van der Waals surface area contributed by atoms with Gasteiger partial charge < -0.3 is 4.74 Å². The van der Waals surface area contributed by atoms with Gasteiger partial charge in [0.2, 0.25) is 0 Å². The quantitative estimate of drug-likeness (QED) is 0.615. The molecule has 0 fully saturated rings. The van der Waals surface area contributed by atoms with Crippen LogP contribution >= 0.6 is 27.7 Å². The van der Waals surface area contributed by atoms with Crippen molar-refractivity contribution in [1.29, 1.82) is 0 Å². The van der Waals surface area contributed by atoms with Crippen LogP contribution in [0.4, 0.5) is 0 Å². The lowest BCUT2D eigenvalue weighted by molar-refractivity contribution is 0.0515. The number of ether oxygens (including phenoxy) is 1. The largest absolute Gasteiger partial charge is 0.461 e. The number of hydrogen-bond donors (Lipinski definition) is 0. The van der Waals surface area contributed by atoms with Gasteiger partial charge in [-0.25, -0.2) is 9.78 Å². The zero-order valence-corrected chi connectivity index (χ0v) is 13.2. The van der Waals surface area contributed by atoms with Crippen molar-refractivity contribution >= 4 is 44.6 Å². The third-order valence-electron chi connectivity index (χ3n) is 2.54. The van der Waals surface area contributed by atoms with Crippen LogP contribution in [0, 0.1) is 0 Å². The van der Waals surface area contributed by atoms with Crippen LogP contribution in [0.25, 0.3) is 10.9 Å². The van der Waals surface area contributed by atoms with Crippen molar-refractivity contribution in [1.82, 2.24) is 4.98 Å². The standard InChI is InChI=1S/C14H14BrNO2S/c1-3-18-14(17)13-12(19-4-2)8-9-10(15)6-5-7-11(9)16-13/h5-8H,3-4H2,1-2H3. The van der Waals surface area contributed by atoms with E-state index in [1.54, 1.807) is 18.7 Å². The van der Waals surface area contributed by atoms with Gasteiger partial charge in [-0.3, -0.25) is 0 Å². The molecule has 0 amide bonds. The second kappa shape index (κ2) is 6.39. The summed E-state index contributed by atoms with van der Waals surface area (Å²) in [5.41, 5.74) is 1.19. The van der Waals surface area contributed by atoms with Gasteiger partial charge in [0.1, 0.15) is 0 Å². The summed E-state index contributed by atoms with van der Waals surface area (Å²) in [5.74, 6) is 0.518. The minimum atomic E-state index is -0.361. The minimum absolute atomic E-state index is 0.354. The first kappa shape index (κ1) is 14.3. The van der Waals surface area contributed by atoms with Gasteiger partial charge in [-0.1, -0.05) is 28.9 Å². The van der Waals surface area contributed by atoms with Crippen LogP contribution in [0.3, 0.4) is 0 Å². The number of aromatic nitrogens is 1. The molecule has 19 heavy (non-hydrogen) atoms. The first-order valence-corrected chi connectivity index (χ1v) is 7.84. The molecule has 0 aliphatic carbocycles. The number of benzene rings is 1. The number of carbonyl (C=O) groups excluding carboxylic acids is 1. The molecule has 5 heteroatoms. The second-order valence-electron chi connectivity index (χ2n) is 3.80. The molecule has 1 heterocycles. The highest BCUT2D eigenvalue weighted by Crippen LogP contribution is 2.30. The number of halogens is 1. The first-order valence-electron chi connectivity index (χ1n) is 6.06. The first-order chi connectivity index (χ1) is 9.17. The Morgan fingerprint density at radius 3 is 2.89 bits per heavy atom. The number of pyridine rings is 1. The van der Waals surface area contributed by atoms with Gasteiger partial charge in [-0.05, 0) is 30.9 Å². The number of fused-ring (bicyclic) bond motifs is 1. The van der Waals surface area contributed by atoms with Gasteiger partial charge in [0.05, 0.1) is 12.1 Å². The third-order valence-corrected chi connectivity index (χ3v) is 4.14. The minimum Gasteiger partial charge on any atom is -0.461 e. The van der Waals surface area contributed by atoms with Gasteiger partial charge in [0, 0.05) is 14.8 Å². The van der Waals surface area contributed by atoms with Crippen LogP contribution in [0.2, 0.25) is 0 Å². The molecule has 0 saturated heterocycles. The monoisotopic (exact) mass is 339 g/mol. The highest BCUT2D eigenvalue weighted by molar-refractivity contribution is 9.10. The Bertz CT molecular complexity index is 616. The van der Waals surface area contributed by atoms with Crippen molar-refractivity contribution in [2.75, 3.05) is 12.4 Å². The number of rotatable bonds is 4. The molecule has 2 aromatic rings. The van der Waals surface area contributed by atoms with E-state index in [1.165, 1.54) is 0 Å². The fourth-order valence-corrected chi connectivity index (χ4v) is 3.00.